The molecule has 3 rings (SSSR count). The topological polar surface area (TPSA) is 95.2 Å². The fraction of sp³-hybridized carbons (Fsp3) is 0.368. The van der Waals surface area contributed by atoms with Gasteiger partial charge in [0.15, 0.2) is 5.41 Å². The van der Waals surface area contributed by atoms with Crippen molar-refractivity contribution in [3.05, 3.63) is 46.5 Å². The number of allylic oxidation sites excluding steroid dienone is 2. The Morgan fingerprint density at radius 1 is 1.17 bits per heavy atom. The minimum Gasteiger partial charge on any atom is -0.305 e. The first-order valence-corrected chi connectivity index (χ1v) is 8.24. The predicted octanol–water partition coefficient (Wildman–Crippen LogP) is 4.36. The average molecular weight is 335 g/mol. The quantitative estimate of drug-likeness (QED) is 0.773. The number of benzene rings is 1. The Bertz CT molecular complexity index is 835. The number of hydrogen-bond donors (Lipinski definition) is 1. The summed E-state index contributed by atoms with van der Waals surface area (Å²) in [5, 5.41) is 38.2. The van der Waals surface area contributed by atoms with E-state index in [0.717, 1.165) is 24.8 Å². The molecule has 0 spiro atoms. The van der Waals surface area contributed by atoms with Crippen molar-refractivity contribution in [3.63, 3.8) is 0 Å². The Balaban J connectivity index is 2.29. The normalized spacial score (nSPS) is 27.8. The van der Waals surface area contributed by atoms with Crippen LogP contribution in [0.2, 0.25) is 5.02 Å². The highest BCUT2D eigenvalue weighted by atomic mass is 35.5. The standard InChI is InChI=1S/C19H15ClN4/c20-16-8-4-3-7-14(16)17-13-6-2-1-5-12(13)15(9-21)18(24)19(17,10-22)11-23/h3-5,7-8,13,15,17,24H,1-2,6H2/t13-,15-,17+/m1/s1. The van der Waals surface area contributed by atoms with Crippen molar-refractivity contribution >= 4 is 17.3 Å². The molecule has 24 heavy (non-hydrogen) atoms. The van der Waals surface area contributed by atoms with E-state index >= 15 is 0 Å². The van der Waals surface area contributed by atoms with Crippen LogP contribution < -0.4 is 0 Å². The number of fused-ring (bicyclic) bond motifs is 1. The van der Waals surface area contributed by atoms with Gasteiger partial charge in [0.05, 0.1) is 23.9 Å². The Labute approximate surface area is 146 Å². The third-order valence-corrected chi connectivity index (χ3v) is 5.51. The summed E-state index contributed by atoms with van der Waals surface area (Å²) in [5.41, 5.74) is -0.199. The smallest absolute Gasteiger partial charge is 0.189 e. The van der Waals surface area contributed by atoms with Gasteiger partial charge in [-0.3, -0.25) is 0 Å². The summed E-state index contributed by atoms with van der Waals surface area (Å²) in [7, 11) is 0. The van der Waals surface area contributed by atoms with Crippen LogP contribution in [0.1, 0.15) is 30.7 Å². The summed E-state index contributed by atoms with van der Waals surface area (Å²) < 4.78 is 0. The molecule has 0 radical (unpaired) electrons. The van der Waals surface area contributed by atoms with Crippen LogP contribution in [-0.4, -0.2) is 5.71 Å². The first-order valence-electron chi connectivity index (χ1n) is 7.86. The van der Waals surface area contributed by atoms with Crippen LogP contribution in [0.5, 0.6) is 0 Å². The van der Waals surface area contributed by atoms with Gasteiger partial charge in [0.2, 0.25) is 0 Å². The van der Waals surface area contributed by atoms with Gasteiger partial charge < -0.3 is 5.41 Å². The average Bonchev–Trinajstić information content (AvgIpc) is 2.62. The molecule has 0 bridgehead atoms. The second-order valence-corrected chi connectivity index (χ2v) is 6.66. The molecule has 1 saturated carbocycles. The molecule has 118 valence electrons. The number of hydrogen-bond acceptors (Lipinski definition) is 4. The summed E-state index contributed by atoms with van der Waals surface area (Å²) in [6, 6.07) is 13.5. The molecule has 3 atom stereocenters. The van der Waals surface area contributed by atoms with Gasteiger partial charge in [0, 0.05) is 10.9 Å². The van der Waals surface area contributed by atoms with Crippen LogP contribution in [0.3, 0.4) is 0 Å². The highest BCUT2D eigenvalue weighted by molar-refractivity contribution is 6.31. The molecule has 2 aliphatic rings. The number of nitrogens with zero attached hydrogens (tertiary/aromatic N) is 3. The second-order valence-electron chi connectivity index (χ2n) is 6.25. The van der Waals surface area contributed by atoms with E-state index in [4.69, 9.17) is 17.0 Å². The summed E-state index contributed by atoms with van der Waals surface area (Å²) in [4.78, 5) is 0. The first-order chi connectivity index (χ1) is 11.6. The zero-order valence-corrected chi connectivity index (χ0v) is 13.7. The first kappa shape index (κ1) is 16.3. The van der Waals surface area contributed by atoms with Crippen molar-refractivity contribution < 1.29 is 0 Å². The third-order valence-electron chi connectivity index (χ3n) is 5.17. The van der Waals surface area contributed by atoms with E-state index in [1.807, 2.05) is 18.2 Å². The zero-order chi connectivity index (χ0) is 17.3. The fourth-order valence-electron chi connectivity index (χ4n) is 4.08. The molecule has 5 heteroatoms. The van der Waals surface area contributed by atoms with Crippen LogP contribution in [0.15, 0.2) is 35.9 Å². The van der Waals surface area contributed by atoms with Crippen molar-refractivity contribution in [2.24, 2.45) is 17.3 Å². The largest absolute Gasteiger partial charge is 0.305 e. The van der Waals surface area contributed by atoms with E-state index in [9.17, 15) is 15.8 Å². The van der Waals surface area contributed by atoms with Gasteiger partial charge in [-0.25, -0.2) is 0 Å². The summed E-state index contributed by atoms with van der Waals surface area (Å²) >= 11 is 6.37. The van der Waals surface area contributed by atoms with Crippen molar-refractivity contribution in [1.29, 1.82) is 21.2 Å². The minimum atomic E-state index is -1.66. The molecule has 1 fully saturated rings. The van der Waals surface area contributed by atoms with Crippen LogP contribution in [0.4, 0.5) is 0 Å². The van der Waals surface area contributed by atoms with Crippen LogP contribution in [-0.2, 0) is 0 Å². The van der Waals surface area contributed by atoms with E-state index < -0.39 is 17.3 Å². The molecular formula is C19H15ClN4. The lowest BCUT2D eigenvalue weighted by Gasteiger charge is -2.46. The molecule has 4 nitrogen and oxygen atoms in total. The number of nitrogens with one attached hydrogen (secondary N) is 1. The van der Waals surface area contributed by atoms with Crippen LogP contribution in [0.25, 0.3) is 0 Å². The Hall–Kier alpha value is -2.61. The SMILES string of the molecule is N#C[C@H]1C(=N)C(C#N)(C#N)[C@H](c2ccccc2Cl)[C@@H]2CCCC=C12. The molecule has 0 amide bonds. The van der Waals surface area contributed by atoms with Gasteiger partial charge >= 0.3 is 0 Å². The maximum absolute atomic E-state index is 9.85. The maximum Gasteiger partial charge on any atom is 0.189 e. The lowest BCUT2D eigenvalue weighted by atomic mass is 9.53. The van der Waals surface area contributed by atoms with E-state index in [1.165, 1.54) is 0 Å². The molecule has 0 aromatic heterocycles. The third kappa shape index (κ3) is 2.14. The van der Waals surface area contributed by atoms with Gasteiger partial charge in [-0.05, 0) is 42.4 Å². The maximum atomic E-state index is 9.85. The summed E-state index contributed by atoms with van der Waals surface area (Å²) in [5.74, 6) is -1.44. The van der Waals surface area contributed by atoms with E-state index in [2.05, 4.69) is 18.2 Å². The molecule has 1 aromatic rings. The number of halogens is 1. The predicted molar refractivity (Wildman–Crippen MR) is 90.1 cm³/mol. The minimum absolute atomic E-state index is 0.114. The Morgan fingerprint density at radius 3 is 2.50 bits per heavy atom. The summed E-state index contributed by atoms with van der Waals surface area (Å²) in [6.45, 7) is 0. The molecule has 0 heterocycles. The second kappa shape index (κ2) is 6.12. The molecule has 1 aromatic carbocycles. The fourth-order valence-corrected chi connectivity index (χ4v) is 4.33. The highest BCUT2D eigenvalue weighted by Crippen LogP contribution is 2.56. The van der Waals surface area contributed by atoms with Gasteiger partial charge in [-0.15, -0.1) is 0 Å². The van der Waals surface area contributed by atoms with Gasteiger partial charge in [0.25, 0.3) is 0 Å². The van der Waals surface area contributed by atoms with E-state index in [1.54, 1.807) is 12.1 Å². The van der Waals surface area contributed by atoms with Crippen molar-refractivity contribution in [1.82, 2.24) is 0 Å². The molecule has 0 unspecified atom stereocenters. The van der Waals surface area contributed by atoms with Crippen molar-refractivity contribution in [2.75, 3.05) is 0 Å². The van der Waals surface area contributed by atoms with Gasteiger partial charge in [0.1, 0.15) is 5.92 Å². The van der Waals surface area contributed by atoms with Gasteiger partial charge in [-0.2, -0.15) is 15.8 Å². The molecule has 0 aliphatic heterocycles. The molecular weight excluding hydrogens is 320 g/mol. The lowest BCUT2D eigenvalue weighted by Crippen LogP contribution is -2.48. The Morgan fingerprint density at radius 2 is 1.88 bits per heavy atom. The number of nitriles is 3. The highest BCUT2D eigenvalue weighted by Gasteiger charge is 2.57. The van der Waals surface area contributed by atoms with Crippen LogP contribution >= 0.6 is 11.6 Å². The van der Waals surface area contributed by atoms with Crippen molar-refractivity contribution in [3.8, 4) is 18.2 Å². The number of rotatable bonds is 1. The lowest BCUT2D eigenvalue weighted by molar-refractivity contribution is 0.320. The molecule has 0 saturated heterocycles. The summed E-state index contributed by atoms with van der Waals surface area (Å²) in [6.07, 6.45) is 4.60. The van der Waals surface area contributed by atoms with Gasteiger partial charge in [-0.1, -0.05) is 35.9 Å². The molecule has 1 N–H and O–H groups in total. The Kier molecular flexibility index (Phi) is 4.15. The van der Waals surface area contributed by atoms with E-state index in [-0.39, 0.29) is 11.6 Å². The monoisotopic (exact) mass is 334 g/mol. The van der Waals surface area contributed by atoms with Crippen molar-refractivity contribution in [2.45, 2.75) is 25.2 Å². The zero-order valence-electron chi connectivity index (χ0n) is 13.0. The molecule has 2 aliphatic carbocycles. The van der Waals surface area contributed by atoms with E-state index in [0.29, 0.717) is 10.6 Å². The van der Waals surface area contributed by atoms with Crippen LogP contribution in [0, 0.1) is 56.7 Å².